The van der Waals surface area contributed by atoms with Crippen LogP contribution in [0.25, 0.3) is 0 Å². The third-order valence-corrected chi connectivity index (χ3v) is 5.68. The minimum atomic E-state index is -0.122. The van der Waals surface area contributed by atoms with Crippen LogP contribution in [-0.4, -0.2) is 41.5 Å². The summed E-state index contributed by atoms with van der Waals surface area (Å²) in [5, 5.41) is 0. The Bertz CT molecular complexity index is 896. The van der Waals surface area contributed by atoms with Crippen LogP contribution < -0.4 is 4.90 Å². The Morgan fingerprint density at radius 2 is 1.97 bits per heavy atom. The van der Waals surface area contributed by atoms with Gasteiger partial charge in [-0.15, -0.1) is 0 Å². The third kappa shape index (κ3) is 4.57. The Labute approximate surface area is 172 Å². The van der Waals surface area contributed by atoms with Crippen LogP contribution in [0, 0.1) is 5.92 Å². The zero-order valence-electron chi connectivity index (χ0n) is 16.8. The van der Waals surface area contributed by atoms with Crippen molar-refractivity contribution in [3.63, 3.8) is 0 Å². The van der Waals surface area contributed by atoms with Gasteiger partial charge in [-0.25, -0.2) is 4.98 Å². The van der Waals surface area contributed by atoms with E-state index in [9.17, 15) is 4.79 Å². The maximum atomic E-state index is 13.2. The van der Waals surface area contributed by atoms with Crippen molar-refractivity contribution in [2.75, 3.05) is 24.5 Å². The highest BCUT2D eigenvalue weighted by molar-refractivity contribution is 6.04. The first-order valence-corrected chi connectivity index (χ1v) is 10.3. The Hall–Kier alpha value is -2.92. The highest BCUT2D eigenvalue weighted by Crippen LogP contribution is 2.28. The molecule has 0 unspecified atom stereocenters. The van der Waals surface area contributed by atoms with E-state index in [0.717, 1.165) is 32.5 Å². The summed E-state index contributed by atoms with van der Waals surface area (Å²) in [4.78, 5) is 22.0. The largest absolute Gasteiger partial charge is 0.459 e. The van der Waals surface area contributed by atoms with E-state index in [0.29, 0.717) is 17.5 Å². The minimum absolute atomic E-state index is 0.0930. The molecule has 0 saturated carbocycles. The third-order valence-electron chi connectivity index (χ3n) is 5.68. The number of benzene rings is 1. The topological polar surface area (TPSA) is 49.6 Å². The lowest BCUT2D eigenvalue weighted by Crippen LogP contribution is -2.53. The number of carbonyl (C=O) groups excluding carboxylic acids is 1. The lowest BCUT2D eigenvalue weighted by Gasteiger charge is -2.42. The molecule has 0 radical (unpaired) electrons. The van der Waals surface area contributed by atoms with Crippen LogP contribution in [-0.2, 0) is 6.42 Å². The first kappa shape index (κ1) is 19.4. The van der Waals surface area contributed by atoms with Crippen molar-refractivity contribution < 1.29 is 9.21 Å². The van der Waals surface area contributed by atoms with Crippen molar-refractivity contribution in [3.05, 3.63) is 84.4 Å². The molecule has 1 fully saturated rings. The fraction of sp³-hybridized carbons (Fsp3) is 0.333. The molecule has 5 heteroatoms. The van der Waals surface area contributed by atoms with E-state index in [1.165, 1.54) is 5.56 Å². The summed E-state index contributed by atoms with van der Waals surface area (Å²) in [6.07, 6.45) is 5.24. The minimum Gasteiger partial charge on any atom is -0.459 e. The summed E-state index contributed by atoms with van der Waals surface area (Å²) in [5.74, 6) is 1.25. The molecule has 1 amide bonds. The van der Waals surface area contributed by atoms with Crippen LogP contribution in [0.15, 0.2) is 77.5 Å². The maximum Gasteiger partial charge on any atom is 0.295 e. The van der Waals surface area contributed by atoms with Gasteiger partial charge in [-0.3, -0.25) is 9.69 Å². The van der Waals surface area contributed by atoms with Gasteiger partial charge in [0.05, 0.1) is 6.26 Å². The van der Waals surface area contributed by atoms with Crippen molar-refractivity contribution in [1.29, 1.82) is 0 Å². The van der Waals surface area contributed by atoms with Gasteiger partial charge < -0.3 is 9.32 Å². The van der Waals surface area contributed by atoms with E-state index in [1.54, 1.807) is 24.6 Å². The number of aromatic nitrogens is 1. The van der Waals surface area contributed by atoms with Gasteiger partial charge in [-0.2, -0.15) is 0 Å². The van der Waals surface area contributed by atoms with Gasteiger partial charge in [-0.05, 0) is 48.6 Å². The molecule has 5 nitrogen and oxygen atoms in total. The molecule has 1 aliphatic heterocycles. The number of hydrogen-bond acceptors (Lipinski definition) is 4. The molecular formula is C24H27N3O2. The van der Waals surface area contributed by atoms with Crippen molar-refractivity contribution in [3.8, 4) is 0 Å². The van der Waals surface area contributed by atoms with Crippen molar-refractivity contribution in [2.24, 2.45) is 5.92 Å². The van der Waals surface area contributed by atoms with E-state index in [4.69, 9.17) is 4.42 Å². The van der Waals surface area contributed by atoms with Gasteiger partial charge >= 0.3 is 0 Å². The van der Waals surface area contributed by atoms with E-state index in [2.05, 4.69) is 47.1 Å². The molecule has 3 heterocycles. The van der Waals surface area contributed by atoms with Crippen molar-refractivity contribution >= 4 is 11.7 Å². The number of carbonyl (C=O) groups is 1. The van der Waals surface area contributed by atoms with Gasteiger partial charge in [0.2, 0.25) is 0 Å². The predicted octanol–water partition coefficient (Wildman–Crippen LogP) is 4.27. The standard InChI is InChI=1S/C24H27N3O2/c1-19-18-26(15-12-20-8-3-2-4-9-20)16-13-21(19)27(23-11-5-6-14-25-23)24(28)22-10-7-17-29-22/h2-11,14,17,19,21H,12-13,15-16,18H2,1H3/t19-,21+/m1/s1. The second kappa shape index (κ2) is 9.05. The lowest BCUT2D eigenvalue weighted by atomic mass is 9.91. The summed E-state index contributed by atoms with van der Waals surface area (Å²) in [6, 6.07) is 19.9. The molecular weight excluding hydrogens is 362 g/mol. The molecule has 0 bridgehead atoms. The van der Waals surface area contributed by atoms with Crippen LogP contribution in [0.2, 0.25) is 0 Å². The van der Waals surface area contributed by atoms with Crippen LogP contribution in [0.4, 0.5) is 5.82 Å². The normalized spacial score (nSPS) is 19.8. The number of amides is 1. The quantitative estimate of drug-likeness (QED) is 0.632. The molecule has 3 aromatic rings. The predicted molar refractivity (Wildman–Crippen MR) is 114 cm³/mol. The summed E-state index contributed by atoms with van der Waals surface area (Å²) in [7, 11) is 0. The van der Waals surface area contributed by atoms with E-state index in [-0.39, 0.29) is 11.9 Å². The number of anilines is 1. The van der Waals surface area contributed by atoms with Crippen LogP contribution in [0.3, 0.4) is 0 Å². The fourth-order valence-corrected chi connectivity index (χ4v) is 4.18. The molecule has 2 aromatic heterocycles. The summed E-state index contributed by atoms with van der Waals surface area (Å²) < 4.78 is 5.40. The van der Waals surface area contributed by atoms with Gasteiger partial charge in [0, 0.05) is 31.9 Å². The average molecular weight is 389 g/mol. The molecule has 1 aliphatic rings. The smallest absolute Gasteiger partial charge is 0.295 e. The van der Waals surface area contributed by atoms with Crippen molar-refractivity contribution in [1.82, 2.24) is 9.88 Å². The first-order chi connectivity index (χ1) is 14.2. The summed E-state index contributed by atoms with van der Waals surface area (Å²) >= 11 is 0. The number of pyridine rings is 1. The molecule has 150 valence electrons. The number of nitrogens with zero attached hydrogens (tertiary/aromatic N) is 3. The second-order valence-corrected chi connectivity index (χ2v) is 7.71. The van der Waals surface area contributed by atoms with Crippen LogP contribution >= 0.6 is 0 Å². The molecule has 0 aliphatic carbocycles. The SMILES string of the molecule is C[C@@H]1CN(CCc2ccccc2)CC[C@@H]1N(C(=O)c1ccco1)c1ccccn1. The Kier molecular flexibility index (Phi) is 6.06. The average Bonchev–Trinajstić information content (AvgIpc) is 3.30. The second-order valence-electron chi connectivity index (χ2n) is 7.71. The van der Waals surface area contributed by atoms with Crippen LogP contribution in [0.5, 0.6) is 0 Å². The fourth-order valence-electron chi connectivity index (χ4n) is 4.18. The molecule has 2 atom stereocenters. The molecule has 4 rings (SSSR count). The van der Waals surface area contributed by atoms with Crippen LogP contribution in [0.1, 0.15) is 29.5 Å². The molecule has 0 N–H and O–H groups in total. The molecule has 29 heavy (non-hydrogen) atoms. The summed E-state index contributed by atoms with van der Waals surface area (Å²) in [5.41, 5.74) is 1.37. The maximum absolute atomic E-state index is 13.2. The monoisotopic (exact) mass is 389 g/mol. The van der Waals surface area contributed by atoms with Gasteiger partial charge in [0.25, 0.3) is 5.91 Å². The lowest BCUT2D eigenvalue weighted by molar-refractivity contribution is 0.0905. The van der Waals surface area contributed by atoms with Gasteiger partial charge in [0.15, 0.2) is 5.76 Å². The number of likely N-dealkylation sites (tertiary alicyclic amines) is 1. The van der Waals surface area contributed by atoms with Crippen molar-refractivity contribution in [2.45, 2.75) is 25.8 Å². The number of rotatable bonds is 6. The molecule has 0 spiro atoms. The number of piperidine rings is 1. The molecule has 1 saturated heterocycles. The van der Waals surface area contributed by atoms with E-state index >= 15 is 0 Å². The summed E-state index contributed by atoms with van der Waals surface area (Å²) in [6.45, 7) is 5.20. The van der Waals surface area contributed by atoms with E-state index < -0.39 is 0 Å². The van der Waals surface area contributed by atoms with Gasteiger partial charge in [0.1, 0.15) is 5.82 Å². The van der Waals surface area contributed by atoms with E-state index in [1.807, 2.05) is 23.1 Å². The number of hydrogen-bond donors (Lipinski definition) is 0. The molecule has 1 aromatic carbocycles. The van der Waals surface area contributed by atoms with Gasteiger partial charge in [-0.1, -0.05) is 43.3 Å². The highest BCUT2D eigenvalue weighted by Gasteiger charge is 2.35. The Morgan fingerprint density at radius 1 is 1.14 bits per heavy atom. The highest BCUT2D eigenvalue weighted by atomic mass is 16.3. The zero-order chi connectivity index (χ0) is 20.1. The number of furan rings is 1. The Morgan fingerprint density at radius 3 is 2.66 bits per heavy atom. The first-order valence-electron chi connectivity index (χ1n) is 10.3. The Balaban J connectivity index is 1.47. The zero-order valence-corrected chi connectivity index (χ0v) is 16.8.